The molecule has 2 atom stereocenters. The number of carbonyl (C=O) groups excluding carboxylic acids is 2. The number of piperidine rings is 1. The topological polar surface area (TPSA) is 113 Å². The number of aliphatic carboxylic acids is 1. The van der Waals surface area contributed by atoms with E-state index in [0.717, 1.165) is 12.8 Å². The van der Waals surface area contributed by atoms with Crippen molar-refractivity contribution in [3.63, 3.8) is 0 Å². The average Bonchev–Trinajstić information content (AvgIpc) is 2.34. The van der Waals surface area contributed by atoms with Crippen LogP contribution in [0.25, 0.3) is 0 Å². The van der Waals surface area contributed by atoms with Crippen LogP contribution >= 0.6 is 0 Å². The number of nitrogens with two attached hydrogens (primary N) is 1. The summed E-state index contributed by atoms with van der Waals surface area (Å²) in [7, 11) is 0. The molecule has 1 rings (SSSR count). The predicted octanol–water partition coefficient (Wildman–Crippen LogP) is 0.393. The number of primary amides is 1. The van der Waals surface area contributed by atoms with Crippen LogP contribution in [0.1, 0.15) is 33.1 Å². The summed E-state index contributed by atoms with van der Waals surface area (Å²) < 4.78 is 0. The van der Waals surface area contributed by atoms with Crippen molar-refractivity contribution in [3.05, 3.63) is 0 Å². The summed E-state index contributed by atoms with van der Waals surface area (Å²) in [5, 5.41) is 11.3. The monoisotopic (exact) mass is 285 g/mol. The summed E-state index contributed by atoms with van der Waals surface area (Å²) in [6.45, 7) is 4.68. The molecule has 2 unspecified atom stereocenters. The highest BCUT2D eigenvalue weighted by Crippen LogP contribution is 2.21. The van der Waals surface area contributed by atoms with Crippen molar-refractivity contribution in [2.24, 2.45) is 17.6 Å². The standard InChI is InChI=1S/C13H23N3O4/c1-8(2)11(15-13(14)20)12(19)16-5-3-4-9(7-16)6-10(17)18/h8-9,11H,3-7H2,1-2H3,(H,17,18)(H3,14,15,20). The Hall–Kier alpha value is -1.79. The third kappa shape index (κ3) is 4.71. The summed E-state index contributed by atoms with van der Waals surface area (Å²) in [5.41, 5.74) is 5.09. The number of likely N-dealkylation sites (tertiary alicyclic amines) is 1. The number of nitrogens with zero attached hydrogens (tertiary/aromatic N) is 1. The van der Waals surface area contributed by atoms with Gasteiger partial charge in [0.1, 0.15) is 6.04 Å². The minimum absolute atomic E-state index is 0.0217. The number of urea groups is 1. The molecule has 0 aromatic rings. The summed E-state index contributed by atoms with van der Waals surface area (Å²) in [6, 6.07) is -1.38. The second-order valence-corrected chi connectivity index (χ2v) is 5.62. The zero-order chi connectivity index (χ0) is 15.3. The van der Waals surface area contributed by atoms with Gasteiger partial charge in [-0.2, -0.15) is 0 Å². The number of amides is 3. The van der Waals surface area contributed by atoms with Gasteiger partial charge in [-0.25, -0.2) is 4.79 Å². The van der Waals surface area contributed by atoms with Gasteiger partial charge in [-0.05, 0) is 24.7 Å². The van der Waals surface area contributed by atoms with E-state index in [1.165, 1.54) is 0 Å². The van der Waals surface area contributed by atoms with Crippen molar-refractivity contribution in [3.8, 4) is 0 Å². The molecule has 0 radical (unpaired) electrons. The van der Waals surface area contributed by atoms with Crippen LogP contribution in [0, 0.1) is 11.8 Å². The lowest BCUT2D eigenvalue weighted by Crippen LogP contribution is -2.54. The van der Waals surface area contributed by atoms with E-state index in [9.17, 15) is 14.4 Å². The Kier molecular flexibility index (Phi) is 5.79. The first-order valence-corrected chi connectivity index (χ1v) is 6.87. The quantitative estimate of drug-likeness (QED) is 0.678. The molecule has 7 heteroatoms. The first-order valence-electron chi connectivity index (χ1n) is 6.87. The molecule has 0 bridgehead atoms. The molecule has 1 saturated heterocycles. The van der Waals surface area contributed by atoms with Gasteiger partial charge in [-0.15, -0.1) is 0 Å². The first-order chi connectivity index (χ1) is 9.31. The van der Waals surface area contributed by atoms with E-state index in [4.69, 9.17) is 10.8 Å². The van der Waals surface area contributed by atoms with E-state index < -0.39 is 18.0 Å². The highest BCUT2D eigenvalue weighted by atomic mass is 16.4. The van der Waals surface area contributed by atoms with Crippen molar-refractivity contribution in [1.29, 1.82) is 0 Å². The van der Waals surface area contributed by atoms with Gasteiger partial charge in [-0.3, -0.25) is 9.59 Å². The highest BCUT2D eigenvalue weighted by Gasteiger charge is 2.31. The average molecular weight is 285 g/mol. The van der Waals surface area contributed by atoms with Gasteiger partial charge in [0.2, 0.25) is 5.91 Å². The first kappa shape index (κ1) is 16.3. The zero-order valence-corrected chi connectivity index (χ0v) is 12.0. The fourth-order valence-corrected chi connectivity index (χ4v) is 2.54. The number of rotatable bonds is 5. The highest BCUT2D eigenvalue weighted by molar-refractivity contribution is 5.87. The van der Waals surface area contributed by atoms with Gasteiger partial charge in [0.25, 0.3) is 0 Å². The molecular weight excluding hydrogens is 262 g/mol. The molecule has 7 nitrogen and oxygen atoms in total. The van der Waals surface area contributed by atoms with Gasteiger partial charge in [0, 0.05) is 19.5 Å². The van der Waals surface area contributed by atoms with Crippen LogP contribution in [0.15, 0.2) is 0 Å². The van der Waals surface area contributed by atoms with E-state index in [0.29, 0.717) is 13.1 Å². The molecule has 1 heterocycles. The maximum absolute atomic E-state index is 12.4. The SMILES string of the molecule is CC(C)C(NC(N)=O)C(=O)N1CCCC(CC(=O)O)C1. The van der Waals surface area contributed by atoms with Crippen LogP contribution < -0.4 is 11.1 Å². The number of hydrogen-bond acceptors (Lipinski definition) is 3. The Bertz CT molecular complexity index is 384. The number of nitrogens with one attached hydrogen (secondary N) is 1. The third-order valence-corrected chi connectivity index (χ3v) is 3.52. The third-order valence-electron chi connectivity index (χ3n) is 3.52. The number of carboxylic acid groups (broad SMARTS) is 1. The molecule has 1 aliphatic heterocycles. The van der Waals surface area contributed by atoms with Crippen molar-refractivity contribution in [2.45, 2.75) is 39.2 Å². The Morgan fingerprint density at radius 2 is 2.05 bits per heavy atom. The van der Waals surface area contributed by atoms with Crippen LogP contribution in [0.3, 0.4) is 0 Å². The van der Waals surface area contributed by atoms with Crippen LogP contribution in [0.2, 0.25) is 0 Å². The largest absolute Gasteiger partial charge is 0.481 e. The smallest absolute Gasteiger partial charge is 0.312 e. The molecule has 3 amide bonds. The molecule has 1 fully saturated rings. The molecule has 114 valence electrons. The van der Waals surface area contributed by atoms with Crippen molar-refractivity contribution >= 4 is 17.9 Å². The molecule has 20 heavy (non-hydrogen) atoms. The molecule has 0 saturated carbocycles. The molecule has 1 aliphatic rings. The Morgan fingerprint density at radius 3 is 2.55 bits per heavy atom. The van der Waals surface area contributed by atoms with Gasteiger partial charge < -0.3 is 21.1 Å². The summed E-state index contributed by atoms with van der Waals surface area (Å²) in [6.07, 6.45) is 1.66. The van der Waals surface area contributed by atoms with Crippen LogP contribution in [-0.2, 0) is 9.59 Å². The normalized spacial score (nSPS) is 20.6. The minimum Gasteiger partial charge on any atom is -0.481 e. The zero-order valence-electron chi connectivity index (χ0n) is 12.0. The Balaban J connectivity index is 2.68. The Morgan fingerprint density at radius 1 is 1.40 bits per heavy atom. The van der Waals surface area contributed by atoms with Gasteiger partial charge >= 0.3 is 12.0 Å². The predicted molar refractivity (Wildman–Crippen MR) is 72.9 cm³/mol. The van der Waals surface area contributed by atoms with E-state index in [1.807, 2.05) is 13.8 Å². The molecule has 4 N–H and O–H groups in total. The van der Waals surface area contributed by atoms with Crippen LogP contribution in [-0.4, -0.2) is 47.0 Å². The molecule has 0 spiro atoms. The van der Waals surface area contributed by atoms with Crippen LogP contribution in [0.4, 0.5) is 4.79 Å². The lowest BCUT2D eigenvalue weighted by molar-refractivity contribution is -0.141. The van der Waals surface area contributed by atoms with E-state index >= 15 is 0 Å². The second kappa shape index (κ2) is 7.12. The van der Waals surface area contributed by atoms with Crippen molar-refractivity contribution in [2.75, 3.05) is 13.1 Å². The van der Waals surface area contributed by atoms with Gasteiger partial charge in [0.15, 0.2) is 0 Å². The van der Waals surface area contributed by atoms with Crippen LogP contribution in [0.5, 0.6) is 0 Å². The number of carboxylic acids is 1. The molecular formula is C13H23N3O4. The summed E-state index contributed by atoms with van der Waals surface area (Å²) in [5.74, 6) is -1.13. The molecule has 0 aliphatic carbocycles. The lowest BCUT2D eigenvalue weighted by atomic mass is 9.93. The molecule has 0 aromatic heterocycles. The Labute approximate surface area is 118 Å². The van der Waals surface area contributed by atoms with E-state index in [2.05, 4.69) is 5.32 Å². The fraction of sp³-hybridized carbons (Fsp3) is 0.769. The molecule has 0 aromatic carbocycles. The maximum Gasteiger partial charge on any atom is 0.312 e. The second-order valence-electron chi connectivity index (χ2n) is 5.62. The van der Waals surface area contributed by atoms with E-state index in [1.54, 1.807) is 4.90 Å². The summed E-state index contributed by atoms with van der Waals surface area (Å²) in [4.78, 5) is 35.8. The lowest BCUT2D eigenvalue weighted by Gasteiger charge is -2.35. The fourth-order valence-electron chi connectivity index (χ4n) is 2.54. The minimum atomic E-state index is -0.847. The van der Waals surface area contributed by atoms with Gasteiger partial charge in [0.05, 0.1) is 0 Å². The van der Waals surface area contributed by atoms with E-state index in [-0.39, 0.29) is 24.2 Å². The number of carbonyl (C=O) groups is 3. The maximum atomic E-state index is 12.4. The van der Waals surface area contributed by atoms with Crippen molar-refractivity contribution < 1.29 is 19.5 Å². The van der Waals surface area contributed by atoms with Crippen molar-refractivity contribution in [1.82, 2.24) is 10.2 Å². The number of hydrogen-bond donors (Lipinski definition) is 3. The van der Waals surface area contributed by atoms with Gasteiger partial charge in [-0.1, -0.05) is 13.8 Å². The summed E-state index contributed by atoms with van der Waals surface area (Å²) >= 11 is 0.